The van der Waals surface area contributed by atoms with Crippen molar-refractivity contribution in [3.8, 4) is 0 Å². The van der Waals surface area contributed by atoms with Crippen LogP contribution in [0.1, 0.15) is 87.8 Å². The smallest absolute Gasteiger partial charge is 0.302 e. The number of hydrogen-bond donors (Lipinski definition) is 3. The van der Waals surface area contributed by atoms with Gasteiger partial charge in [-0.25, -0.2) is 34.1 Å². The number of aryl methyl sites for hydroxylation is 2. The number of pyridine rings is 1. The second kappa shape index (κ2) is 22.3. The molecule has 0 saturated carbocycles. The molecule has 1 aromatic heterocycles. The number of allylic oxidation sites excluding steroid dienone is 3. The number of aromatic nitrogens is 1. The average molecular weight is 998 g/mol. The Morgan fingerprint density at radius 3 is 1.68 bits per heavy atom. The van der Waals surface area contributed by atoms with E-state index in [9.17, 15) is 28.8 Å². The van der Waals surface area contributed by atoms with E-state index in [1.807, 2.05) is 144 Å². The molecular weight excluding hydrogens is 939 g/mol. The van der Waals surface area contributed by atoms with Gasteiger partial charge in [-0.05, 0) is 119 Å². The summed E-state index contributed by atoms with van der Waals surface area (Å²) in [5.74, 6) is -0.687. The van der Waals surface area contributed by atoms with Crippen molar-refractivity contribution < 1.29 is 28.8 Å². The summed E-state index contributed by atoms with van der Waals surface area (Å²) in [5, 5.41) is 10.1. The van der Waals surface area contributed by atoms with Crippen molar-refractivity contribution >= 4 is 80.5 Å². The van der Waals surface area contributed by atoms with Gasteiger partial charge in [0.15, 0.2) is 0 Å². The third kappa shape index (κ3) is 10.9. The highest BCUT2D eigenvalue weighted by Crippen LogP contribution is 2.35. The van der Waals surface area contributed by atoms with Crippen LogP contribution in [0.4, 0.5) is 31.6 Å². The molecule has 6 aromatic carbocycles. The summed E-state index contributed by atoms with van der Waals surface area (Å²) >= 11 is 0. The molecule has 3 N–H and O–H groups in total. The Kier molecular flexibility index (Phi) is 15.5. The van der Waals surface area contributed by atoms with Gasteiger partial charge < -0.3 is 16.0 Å². The monoisotopic (exact) mass is 997 g/mol. The zero-order valence-electron chi connectivity index (χ0n) is 43.3. The van der Waals surface area contributed by atoms with Crippen LogP contribution in [0.2, 0.25) is 0 Å². The lowest BCUT2D eigenvalue weighted by molar-refractivity contribution is -0.114. The van der Waals surface area contributed by atoms with Gasteiger partial charge in [-0.2, -0.15) is 0 Å². The van der Waals surface area contributed by atoms with Crippen molar-refractivity contribution in [3.63, 3.8) is 0 Å². The molecule has 75 heavy (non-hydrogen) atoms. The summed E-state index contributed by atoms with van der Waals surface area (Å²) in [7, 11) is 0. The maximum Gasteiger partial charge on any atom is 0.334 e. The number of fused-ring (bicyclic) bond motifs is 1. The van der Waals surface area contributed by atoms with E-state index < -0.39 is 18.1 Å². The SMILES string of the molecule is C/C(=C1/NC(=O)N(c2ccccn2)C1=O)c1ccc(C)cc1.CC/C(=C1/NC(=O)N(c2cccc3ccccc23)C1=O)c1ccc(C(C)(C)C)cc1.CC/C(=C1/NC(=O)N(c2ccccc2)C1=O)c1ccccc1C. The number of anilines is 3. The Hall–Kier alpha value is -9.23. The maximum atomic E-state index is 13.3. The van der Waals surface area contributed by atoms with Crippen molar-refractivity contribution in [2.24, 2.45) is 0 Å². The van der Waals surface area contributed by atoms with Gasteiger partial charge in [-0.15, -0.1) is 0 Å². The molecule has 3 fully saturated rings. The molecule has 0 atom stereocenters. The number of nitrogens with one attached hydrogen (secondary N) is 3. The molecule has 0 aliphatic carbocycles. The maximum absolute atomic E-state index is 13.3. The summed E-state index contributed by atoms with van der Waals surface area (Å²) in [6.07, 6.45) is 2.85. The summed E-state index contributed by atoms with van der Waals surface area (Å²) < 4.78 is 0. The van der Waals surface area contributed by atoms with E-state index in [2.05, 4.69) is 53.8 Å². The minimum absolute atomic E-state index is 0.0562. The van der Waals surface area contributed by atoms with E-state index >= 15 is 0 Å². The summed E-state index contributed by atoms with van der Waals surface area (Å²) in [4.78, 5) is 83.4. The fourth-order valence-electron chi connectivity index (χ4n) is 9.11. The van der Waals surface area contributed by atoms with Crippen molar-refractivity contribution in [3.05, 3.63) is 220 Å². The minimum Gasteiger partial charge on any atom is -0.302 e. The van der Waals surface area contributed by atoms with Crippen LogP contribution >= 0.6 is 0 Å². The first-order valence-corrected chi connectivity index (χ1v) is 24.8. The Morgan fingerprint density at radius 2 is 1.04 bits per heavy atom. The molecule has 0 radical (unpaired) electrons. The number of urea groups is 3. The van der Waals surface area contributed by atoms with Crippen molar-refractivity contribution in [2.45, 2.75) is 73.6 Å². The van der Waals surface area contributed by atoms with Gasteiger partial charge in [0.1, 0.15) is 22.9 Å². The number of hydrogen-bond acceptors (Lipinski definition) is 7. The zero-order chi connectivity index (χ0) is 53.6. The number of imide groups is 3. The lowest BCUT2D eigenvalue weighted by atomic mass is 9.86. The van der Waals surface area contributed by atoms with Crippen LogP contribution in [0.15, 0.2) is 187 Å². The number of amides is 9. The molecule has 0 unspecified atom stereocenters. The highest BCUT2D eigenvalue weighted by atomic mass is 16.2. The van der Waals surface area contributed by atoms with Crippen LogP contribution < -0.4 is 30.7 Å². The lowest BCUT2D eigenvalue weighted by Gasteiger charge is -2.19. The lowest BCUT2D eigenvalue weighted by Crippen LogP contribution is -2.31. The fourth-order valence-corrected chi connectivity index (χ4v) is 9.11. The van der Waals surface area contributed by atoms with Gasteiger partial charge in [-0.1, -0.05) is 174 Å². The molecule has 3 saturated heterocycles. The molecule has 7 aromatic rings. The Balaban J connectivity index is 0.000000152. The van der Waals surface area contributed by atoms with E-state index in [0.29, 0.717) is 47.1 Å². The van der Waals surface area contributed by atoms with E-state index in [1.54, 1.807) is 48.7 Å². The number of para-hydroxylation sites is 1. The topological polar surface area (TPSA) is 161 Å². The third-order valence-corrected chi connectivity index (χ3v) is 13.2. The predicted octanol–water partition coefficient (Wildman–Crippen LogP) is 12.8. The number of carbonyl (C=O) groups is 6. The molecule has 10 rings (SSSR count). The number of rotatable bonds is 8. The van der Waals surface area contributed by atoms with E-state index in [-0.39, 0.29) is 23.1 Å². The fraction of sp³-hybridized carbons (Fsp3) is 0.177. The number of nitrogens with zero attached hydrogens (tertiary/aromatic N) is 4. The first-order chi connectivity index (χ1) is 36.0. The van der Waals surface area contributed by atoms with Crippen LogP contribution in [0.5, 0.6) is 0 Å². The average Bonchev–Trinajstić information content (AvgIpc) is 4.00. The molecular formula is C62H59N7O6. The normalized spacial score (nSPS) is 16.5. The van der Waals surface area contributed by atoms with Crippen molar-refractivity contribution in [1.82, 2.24) is 20.9 Å². The third-order valence-electron chi connectivity index (χ3n) is 13.2. The molecule has 0 bridgehead atoms. The molecule has 3 aliphatic heterocycles. The summed E-state index contributed by atoms with van der Waals surface area (Å²) in [6.45, 7) is 16.3. The van der Waals surface area contributed by atoms with E-state index in [1.165, 1.54) is 15.4 Å². The first kappa shape index (κ1) is 52.1. The van der Waals surface area contributed by atoms with Gasteiger partial charge in [0.25, 0.3) is 17.7 Å². The summed E-state index contributed by atoms with van der Waals surface area (Å²) in [5.41, 5.74) is 11.0. The molecule has 4 heterocycles. The van der Waals surface area contributed by atoms with Crippen molar-refractivity contribution in [1.29, 1.82) is 0 Å². The molecule has 13 heteroatoms. The Labute approximate surface area is 437 Å². The quantitative estimate of drug-likeness (QED) is 0.101. The van der Waals surface area contributed by atoms with Gasteiger partial charge in [0.05, 0.1) is 11.4 Å². The largest absolute Gasteiger partial charge is 0.334 e. The van der Waals surface area contributed by atoms with Gasteiger partial charge in [0.2, 0.25) is 0 Å². The second-order valence-corrected chi connectivity index (χ2v) is 19.2. The standard InChI is InChI=1S/C26H26N2O2.C19H18N2O2.C17H15N3O2/c1-5-20(18-13-15-19(16-14-18)26(2,3)4)23-24(29)28(25(30)27-23)22-12-8-10-17-9-6-7-11-21(17)22;1-3-15(16-12-8-7-9-13(16)2)17-18(22)21(19(23)20-17)14-10-5-4-6-11-14;1-11-6-8-13(9-7-11)12(2)15-16(21)20(17(22)19-15)14-5-3-4-10-18-14/h6-16H,5H2,1-4H3,(H,27,30);4-12H,3H2,1-2H3,(H,20,23);3-10H,1-2H3,(H,19,22)/b23-20-;17-15-;15-12-. The van der Waals surface area contributed by atoms with E-state index in [0.717, 1.165) is 60.2 Å². The van der Waals surface area contributed by atoms with Crippen LogP contribution in [-0.4, -0.2) is 40.8 Å². The van der Waals surface area contributed by atoms with Gasteiger partial charge in [0, 0.05) is 11.6 Å². The molecule has 378 valence electrons. The molecule has 9 amide bonds. The Bertz CT molecular complexity index is 3440. The van der Waals surface area contributed by atoms with Crippen LogP contribution in [0, 0.1) is 13.8 Å². The van der Waals surface area contributed by atoms with Gasteiger partial charge in [-0.3, -0.25) is 14.4 Å². The van der Waals surface area contributed by atoms with Crippen LogP contribution in [0.25, 0.3) is 27.5 Å². The van der Waals surface area contributed by atoms with Crippen LogP contribution in [-0.2, 0) is 19.8 Å². The first-order valence-electron chi connectivity index (χ1n) is 24.8. The molecule has 0 spiro atoms. The second-order valence-electron chi connectivity index (χ2n) is 19.2. The highest BCUT2D eigenvalue weighted by Gasteiger charge is 2.39. The summed E-state index contributed by atoms with van der Waals surface area (Å²) in [6, 6.07) is 50.1. The molecule has 13 nitrogen and oxygen atoms in total. The minimum atomic E-state index is -0.481. The predicted molar refractivity (Wildman–Crippen MR) is 297 cm³/mol. The van der Waals surface area contributed by atoms with Crippen molar-refractivity contribution in [2.75, 3.05) is 14.7 Å². The number of carbonyl (C=O) groups excluding carboxylic acids is 6. The van der Waals surface area contributed by atoms with Crippen LogP contribution in [0.3, 0.4) is 0 Å². The van der Waals surface area contributed by atoms with E-state index in [4.69, 9.17) is 0 Å². The highest BCUT2D eigenvalue weighted by molar-refractivity contribution is 6.31. The van der Waals surface area contributed by atoms with Gasteiger partial charge >= 0.3 is 18.1 Å². The Morgan fingerprint density at radius 1 is 0.507 bits per heavy atom. The molecule has 3 aliphatic rings. The zero-order valence-corrected chi connectivity index (χ0v) is 43.3. The number of benzene rings is 6.